The van der Waals surface area contributed by atoms with Gasteiger partial charge in [-0.25, -0.2) is 14.4 Å². The molecule has 2 aromatic carbocycles. The molecule has 0 saturated heterocycles. The number of benzene rings is 2. The smallest absolute Gasteiger partial charge is 0.267 e. The number of hydrogen-bond donors (Lipinski definition) is 2. The molecule has 6 nitrogen and oxygen atoms in total. The number of aryl methyl sites for hydroxylation is 2. The number of nitrogens with one attached hydrogen (secondary N) is 2. The van der Waals surface area contributed by atoms with E-state index in [2.05, 4.69) is 20.8 Å². The van der Waals surface area contributed by atoms with Crippen molar-refractivity contribution in [3.8, 4) is 0 Å². The van der Waals surface area contributed by atoms with Crippen molar-refractivity contribution in [3.05, 3.63) is 86.4 Å². The molecule has 0 aliphatic heterocycles. The van der Waals surface area contributed by atoms with Crippen LogP contribution in [0.3, 0.4) is 0 Å². The van der Waals surface area contributed by atoms with Gasteiger partial charge in [0.25, 0.3) is 11.8 Å². The van der Waals surface area contributed by atoms with E-state index >= 15 is 0 Å². The maximum atomic E-state index is 13.6. The lowest BCUT2D eigenvalue weighted by atomic mass is 10.1. The largest absolute Gasteiger partial charge is 0.271 e. The Labute approximate surface area is 192 Å². The van der Waals surface area contributed by atoms with Gasteiger partial charge in [0.15, 0.2) is 5.16 Å². The molecule has 0 fully saturated rings. The minimum atomic E-state index is -0.790. The molecule has 1 aromatic heterocycles. The highest BCUT2D eigenvalue weighted by Crippen LogP contribution is 2.24. The van der Waals surface area contributed by atoms with Crippen LogP contribution in [0.4, 0.5) is 4.39 Å². The van der Waals surface area contributed by atoms with E-state index in [0.29, 0.717) is 16.5 Å². The number of halogens is 3. The topological polar surface area (TPSA) is 84.0 Å². The Kier molecular flexibility index (Phi) is 7.48. The Morgan fingerprint density at radius 3 is 2.19 bits per heavy atom. The zero-order chi connectivity index (χ0) is 22.5. The highest BCUT2D eigenvalue weighted by molar-refractivity contribution is 7.98. The van der Waals surface area contributed by atoms with Crippen LogP contribution in [0.25, 0.3) is 0 Å². The van der Waals surface area contributed by atoms with Crippen LogP contribution in [0.5, 0.6) is 0 Å². The van der Waals surface area contributed by atoms with Crippen LogP contribution in [0.1, 0.15) is 37.7 Å². The quantitative estimate of drug-likeness (QED) is 0.235. The van der Waals surface area contributed by atoms with Crippen LogP contribution in [-0.4, -0.2) is 21.8 Å². The van der Waals surface area contributed by atoms with E-state index in [-0.39, 0.29) is 15.6 Å². The van der Waals surface area contributed by atoms with Gasteiger partial charge < -0.3 is 0 Å². The number of hydrazine groups is 1. The standard InChI is InChI=1S/C21H17Cl2FN4O2S/c1-11-7-12(2)26-21(25-11)31-10-13-3-5-14(6-4-13)19(29)27-28-20(30)15-8-18(24)17(23)9-16(15)22/h3-9H,10H2,1-2H3,(H,27,29)(H,28,30). The number of aromatic nitrogens is 2. The number of rotatable bonds is 5. The number of hydrogen-bond acceptors (Lipinski definition) is 5. The van der Waals surface area contributed by atoms with Crippen LogP contribution in [0.15, 0.2) is 47.6 Å². The van der Waals surface area contributed by atoms with Crippen molar-refractivity contribution in [2.75, 3.05) is 0 Å². The van der Waals surface area contributed by atoms with Gasteiger partial charge in [0, 0.05) is 22.7 Å². The van der Waals surface area contributed by atoms with Gasteiger partial charge in [-0.2, -0.15) is 0 Å². The fourth-order valence-electron chi connectivity index (χ4n) is 2.61. The van der Waals surface area contributed by atoms with E-state index in [1.54, 1.807) is 24.3 Å². The molecule has 0 spiro atoms. The molecule has 0 aliphatic carbocycles. The van der Waals surface area contributed by atoms with Gasteiger partial charge in [0.2, 0.25) is 0 Å². The lowest BCUT2D eigenvalue weighted by Gasteiger charge is -2.09. The average Bonchev–Trinajstić information content (AvgIpc) is 2.72. The van der Waals surface area contributed by atoms with Gasteiger partial charge in [-0.1, -0.05) is 47.1 Å². The Morgan fingerprint density at radius 2 is 1.55 bits per heavy atom. The van der Waals surface area contributed by atoms with Crippen molar-refractivity contribution >= 4 is 46.8 Å². The predicted molar refractivity (Wildman–Crippen MR) is 119 cm³/mol. The highest BCUT2D eigenvalue weighted by Gasteiger charge is 2.15. The van der Waals surface area contributed by atoms with Crippen LogP contribution in [0.2, 0.25) is 10.0 Å². The molecule has 31 heavy (non-hydrogen) atoms. The molecule has 0 atom stereocenters. The van der Waals surface area contributed by atoms with Crippen molar-refractivity contribution < 1.29 is 14.0 Å². The van der Waals surface area contributed by atoms with E-state index in [0.717, 1.165) is 29.1 Å². The fourth-order valence-corrected chi connectivity index (χ4v) is 3.98. The first-order valence-corrected chi connectivity index (χ1v) is 10.8. The van der Waals surface area contributed by atoms with Gasteiger partial charge in [-0.05, 0) is 49.7 Å². The summed E-state index contributed by atoms with van der Waals surface area (Å²) in [6, 6.07) is 10.8. The molecule has 2 N–H and O–H groups in total. The molecule has 10 heteroatoms. The lowest BCUT2D eigenvalue weighted by Crippen LogP contribution is -2.41. The molecule has 0 unspecified atom stereocenters. The first-order chi connectivity index (χ1) is 14.7. The zero-order valence-corrected chi connectivity index (χ0v) is 18.8. The number of amides is 2. The lowest BCUT2D eigenvalue weighted by molar-refractivity contribution is 0.0846. The molecular weight excluding hydrogens is 462 g/mol. The summed E-state index contributed by atoms with van der Waals surface area (Å²) in [5.41, 5.74) is 7.46. The van der Waals surface area contributed by atoms with E-state index < -0.39 is 17.6 Å². The third-order valence-corrected chi connectivity index (χ3v) is 5.61. The Morgan fingerprint density at radius 1 is 0.935 bits per heavy atom. The summed E-state index contributed by atoms with van der Waals surface area (Å²) in [4.78, 5) is 33.2. The summed E-state index contributed by atoms with van der Waals surface area (Å²) in [6.45, 7) is 3.84. The predicted octanol–water partition coefficient (Wildman–Crippen LogP) is 4.91. The van der Waals surface area contributed by atoms with Crippen molar-refractivity contribution in [3.63, 3.8) is 0 Å². The fraction of sp³-hybridized carbons (Fsp3) is 0.143. The van der Waals surface area contributed by atoms with Gasteiger partial charge in [0.05, 0.1) is 15.6 Å². The molecule has 0 aliphatic rings. The summed E-state index contributed by atoms with van der Waals surface area (Å²) < 4.78 is 13.6. The van der Waals surface area contributed by atoms with Crippen molar-refractivity contribution in [2.45, 2.75) is 24.8 Å². The molecule has 3 rings (SSSR count). The SMILES string of the molecule is Cc1cc(C)nc(SCc2ccc(C(=O)NNC(=O)c3cc(F)c(Cl)cc3Cl)cc2)n1. The van der Waals surface area contributed by atoms with Crippen LogP contribution < -0.4 is 10.9 Å². The third kappa shape index (κ3) is 6.16. The molecule has 0 saturated carbocycles. The molecular formula is C21H17Cl2FN4O2S. The summed E-state index contributed by atoms with van der Waals surface area (Å²) in [5.74, 6) is -1.45. The second-order valence-electron chi connectivity index (χ2n) is 6.57. The first kappa shape index (κ1) is 23.0. The van der Waals surface area contributed by atoms with Gasteiger partial charge in [-0.3, -0.25) is 20.4 Å². The van der Waals surface area contributed by atoms with E-state index in [1.807, 2.05) is 19.9 Å². The molecule has 0 bridgehead atoms. The minimum absolute atomic E-state index is 0.0345. The van der Waals surface area contributed by atoms with E-state index in [9.17, 15) is 14.0 Å². The van der Waals surface area contributed by atoms with Gasteiger partial charge in [-0.15, -0.1) is 0 Å². The van der Waals surface area contributed by atoms with Gasteiger partial charge in [0.1, 0.15) is 5.82 Å². The highest BCUT2D eigenvalue weighted by atomic mass is 35.5. The summed E-state index contributed by atoms with van der Waals surface area (Å²) in [7, 11) is 0. The third-order valence-electron chi connectivity index (χ3n) is 4.09. The first-order valence-electron chi connectivity index (χ1n) is 9.02. The van der Waals surface area contributed by atoms with Gasteiger partial charge >= 0.3 is 0 Å². The van der Waals surface area contributed by atoms with Crippen molar-refractivity contribution in [2.24, 2.45) is 0 Å². The number of thioether (sulfide) groups is 1. The summed E-state index contributed by atoms with van der Waals surface area (Å²) >= 11 is 13.0. The van der Waals surface area contributed by atoms with Crippen molar-refractivity contribution in [1.82, 2.24) is 20.8 Å². The summed E-state index contributed by atoms with van der Waals surface area (Å²) in [6.07, 6.45) is 0. The Bertz CT molecular complexity index is 1120. The number of nitrogens with zero attached hydrogens (tertiary/aromatic N) is 2. The molecule has 2 amide bonds. The Hall–Kier alpha value is -2.68. The molecule has 1 heterocycles. The minimum Gasteiger partial charge on any atom is -0.267 e. The molecule has 3 aromatic rings. The van der Waals surface area contributed by atoms with Crippen molar-refractivity contribution in [1.29, 1.82) is 0 Å². The number of carbonyl (C=O) groups is 2. The Balaban J connectivity index is 1.56. The second-order valence-corrected chi connectivity index (χ2v) is 8.33. The zero-order valence-electron chi connectivity index (χ0n) is 16.5. The number of carbonyl (C=O) groups excluding carboxylic acids is 2. The molecule has 160 valence electrons. The van der Waals surface area contributed by atoms with Crippen LogP contribution in [-0.2, 0) is 5.75 Å². The monoisotopic (exact) mass is 478 g/mol. The van der Waals surface area contributed by atoms with E-state index in [4.69, 9.17) is 23.2 Å². The molecule has 0 radical (unpaired) electrons. The normalized spacial score (nSPS) is 10.6. The van der Waals surface area contributed by atoms with Crippen LogP contribution >= 0.6 is 35.0 Å². The summed E-state index contributed by atoms with van der Waals surface area (Å²) in [5, 5.41) is 0.458. The maximum absolute atomic E-state index is 13.6. The second kappa shape index (κ2) is 10.1. The van der Waals surface area contributed by atoms with E-state index in [1.165, 1.54) is 11.8 Å². The average molecular weight is 479 g/mol. The maximum Gasteiger partial charge on any atom is 0.271 e. The van der Waals surface area contributed by atoms with Crippen LogP contribution in [0, 0.1) is 19.7 Å².